The van der Waals surface area contributed by atoms with Crippen molar-refractivity contribution in [2.24, 2.45) is 0 Å². The monoisotopic (exact) mass is 333 g/mol. The zero-order valence-corrected chi connectivity index (χ0v) is 13.5. The third-order valence-corrected chi connectivity index (χ3v) is 4.23. The van der Waals surface area contributed by atoms with Crippen LogP contribution in [0.3, 0.4) is 0 Å². The van der Waals surface area contributed by atoms with Gasteiger partial charge in [-0.05, 0) is 31.5 Å². The molecule has 0 amide bonds. The fourth-order valence-electron chi connectivity index (χ4n) is 2.83. The molecule has 0 spiro atoms. The van der Waals surface area contributed by atoms with Gasteiger partial charge in [-0.15, -0.1) is 0 Å². The van der Waals surface area contributed by atoms with Crippen molar-refractivity contribution in [3.8, 4) is 0 Å². The van der Waals surface area contributed by atoms with Crippen molar-refractivity contribution in [2.45, 2.75) is 32.7 Å². The van der Waals surface area contributed by atoms with Gasteiger partial charge in [0.15, 0.2) is 0 Å². The number of halogens is 1. The Kier molecular flexibility index (Phi) is 3.85. The van der Waals surface area contributed by atoms with E-state index in [1.807, 2.05) is 13.8 Å². The molecule has 120 valence electrons. The van der Waals surface area contributed by atoms with Crippen LogP contribution in [0.1, 0.15) is 32.7 Å². The van der Waals surface area contributed by atoms with Crippen LogP contribution in [-0.2, 0) is 0 Å². The predicted octanol–water partition coefficient (Wildman–Crippen LogP) is 2.55. The van der Waals surface area contributed by atoms with Crippen molar-refractivity contribution in [1.29, 1.82) is 0 Å². The molecule has 1 atom stereocenters. The number of benzene rings is 1. The molecule has 0 saturated carbocycles. The molecule has 0 bridgehead atoms. The van der Waals surface area contributed by atoms with Crippen LogP contribution in [0.4, 0.5) is 0 Å². The number of H-pyrrole nitrogens is 2. The van der Waals surface area contributed by atoms with Gasteiger partial charge in [0.1, 0.15) is 10.9 Å². The fraction of sp³-hybridized carbons (Fsp3) is 0.312. The lowest BCUT2D eigenvalue weighted by molar-refractivity contribution is 0.433. The first kappa shape index (κ1) is 15.6. The highest BCUT2D eigenvalue weighted by atomic mass is 35.5. The fourth-order valence-corrected chi connectivity index (χ4v) is 3.00. The minimum atomic E-state index is -0.499. The summed E-state index contributed by atoms with van der Waals surface area (Å²) >= 11 is 5.92. The van der Waals surface area contributed by atoms with E-state index < -0.39 is 16.5 Å². The first-order chi connectivity index (χ1) is 10.9. The minimum Gasteiger partial charge on any atom is -0.350 e. The summed E-state index contributed by atoms with van der Waals surface area (Å²) in [5, 5.41) is 3.21. The Balaban J connectivity index is 2.47. The molecule has 3 rings (SSSR count). The maximum atomic E-state index is 12.7. The van der Waals surface area contributed by atoms with Gasteiger partial charge in [0.05, 0.1) is 11.6 Å². The molecular weight excluding hydrogens is 318 g/mol. The average molecular weight is 334 g/mol. The van der Waals surface area contributed by atoms with E-state index in [1.54, 1.807) is 18.2 Å². The highest BCUT2D eigenvalue weighted by Crippen LogP contribution is 2.16. The molecule has 2 N–H and O–H groups in total. The van der Waals surface area contributed by atoms with Gasteiger partial charge < -0.3 is 4.98 Å². The smallest absolute Gasteiger partial charge is 0.287 e. The summed E-state index contributed by atoms with van der Waals surface area (Å²) in [7, 11) is 0. The normalized spacial score (nSPS) is 12.8. The molecule has 0 radical (unpaired) electrons. The van der Waals surface area contributed by atoms with Gasteiger partial charge in [0.2, 0.25) is 5.43 Å². The largest absolute Gasteiger partial charge is 0.350 e. The SMILES string of the molecule is CCCC(C)n1[nH]c(=O)c2[nH]c3cc(Cl)ccc3c(=O)c2c1=O. The Morgan fingerprint density at radius 2 is 2.00 bits per heavy atom. The quantitative estimate of drug-likeness (QED) is 0.722. The van der Waals surface area contributed by atoms with Crippen molar-refractivity contribution in [3.63, 3.8) is 0 Å². The van der Waals surface area contributed by atoms with Crippen LogP contribution in [0.15, 0.2) is 32.6 Å². The van der Waals surface area contributed by atoms with Gasteiger partial charge in [-0.3, -0.25) is 19.5 Å². The molecular formula is C16H16ClN3O3. The van der Waals surface area contributed by atoms with Gasteiger partial charge in [0, 0.05) is 10.4 Å². The predicted molar refractivity (Wildman–Crippen MR) is 91.6 cm³/mol. The van der Waals surface area contributed by atoms with Crippen molar-refractivity contribution >= 4 is 33.4 Å². The summed E-state index contributed by atoms with van der Waals surface area (Å²) in [5.41, 5.74) is -1.03. The number of nitrogens with zero attached hydrogens (tertiary/aromatic N) is 1. The van der Waals surface area contributed by atoms with Gasteiger partial charge in [-0.1, -0.05) is 24.9 Å². The molecule has 23 heavy (non-hydrogen) atoms. The van der Waals surface area contributed by atoms with E-state index >= 15 is 0 Å². The third kappa shape index (κ3) is 2.49. The van der Waals surface area contributed by atoms with Crippen LogP contribution in [0.2, 0.25) is 5.02 Å². The summed E-state index contributed by atoms with van der Waals surface area (Å²) in [4.78, 5) is 40.5. The zero-order valence-electron chi connectivity index (χ0n) is 12.8. The Hall–Kier alpha value is -2.34. The van der Waals surface area contributed by atoms with E-state index in [9.17, 15) is 14.4 Å². The van der Waals surface area contributed by atoms with E-state index in [4.69, 9.17) is 11.6 Å². The second-order valence-electron chi connectivity index (χ2n) is 5.65. The van der Waals surface area contributed by atoms with E-state index in [-0.39, 0.29) is 16.9 Å². The van der Waals surface area contributed by atoms with E-state index in [1.165, 1.54) is 4.68 Å². The van der Waals surface area contributed by atoms with Gasteiger partial charge in [-0.25, -0.2) is 4.68 Å². The lowest BCUT2D eigenvalue weighted by atomic mass is 10.1. The molecule has 0 aliphatic rings. The van der Waals surface area contributed by atoms with Crippen LogP contribution < -0.4 is 16.5 Å². The molecule has 2 aromatic heterocycles. The average Bonchev–Trinajstić information content (AvgIpc) is 2.50. The Labute approximate surface area is 135 Å². The number of hydrogen-bond donors (Lipinski definition) is 2. The standard InChI is InChI=1S/C16H16ClN3O3/c1-3-4-8(2)20-16(23)12-13(15(22)19-20)18-11-7-9(17)5-6-10(11)14(12)21/h5-8H,3-4H2,1-2H3,(H,18,21)(H,19,22). The van der Waals surface area contributed by atoms with E-state index in [0.29, 0.717) is 15.9 Å². The number of rotatable bonds is 3. The number of fused-ring (bicyclic) bond motifs is 2. The van der Waals surface area contributed by atoms with E-state index in [2.05, 4.69) is 10.1 Å². The first-order valence-electron chi connectivity index (χ1n) is 7.44. The second-order valence-corrected chi connectivity index (χ2v) is 6.08. The Bertz CT molecular complexity index is 1080. The van der Waals surface area contributed by atoms with Crippen LogP contribution in [-0.4, -0.2) is 14.8 Å². The molecule has 1 unspecified atom stereocenters. The zero-order chi connectivity index (χ0) is 16.7. The summed E-state index contributed by atoms with van der Waals surface area (Å²) in [5.74, 6) is 0. The molecule has 0 aliphatic heterocycles. The summed E-state index contributed by atoms with van der Waals surface area (Å²) in [6, 6.07) is 4.50. The second kappa shape index (κ2) is 5.70. The molecule has 3 aromatic rings. The highest BCUT2D eigenvalue weighted by molar-refractivity contribution is 6.31. The maximum absolute atomic E-state index is 12.7. The minimum absolute atomic E-state index is 0.0188. The number of nitrogens with one attached hydrogen (secondary N) is 2. The topological polar surface area (TPSA) is 87.7 Å². The van der Waals surface area contributed by atoms with Crippen molar-refractivity contribution in [3.05, 3.63) is 54.2 Å². The van der Waals surface area contributed by atoms with Gasteiger partial charge in [0.25, 0.3) is 11.1 Å². The molecule has 7 heteroatoms. The summed E-state index contributed by atoms with van der Waals surface area (Å²) < 4.78 is 1.24. The van der Waals surface area contributed by atoms with Crippen molar-refractivity contribution < 1.29 is 0 Å². The van der Waals surface area contributed by atoms with Crippen LogP contribution in [0.5, 0.6) is 0 Å². The van der Waals surface area contributed by atoms with Gasteiger partial charge >= 0.3 is 0 Å². The number of hydrogen-bond acceptors (Lipinski definition) is 3. The lowest BCUT2D eigenvalue weighted by Crippen LogP contribution is -2.35. The van der Waals surface area contributed by atoms with Crippen LogP contribution in [0.25, 0.3) is 21.8 Å². The van der Waals surface area contributed by atoms with E-state index in [0.717, 1.165) is 12.8 Å². The molecule has 6 nitrogen and oxygen atoms in total. The number of pyridine rings is 1. The van der Waals surface area contributed by atoms with Crippen molar-refractivity contribution in [1.82, 2.24) is 14.8 Å². The van der Waals surface area contributed by atoms with Crippen LogP contribution in [0, 0.1) is 0 Å². The Morgan fingerprint density at radius 1 is 1.26 bits per heavy atom. The maximum Gasteiger partial charge on any atom is 0.287 e. The van der Waals surface area contributed by atoms with Gasteiger partial charge in [-0.2, -0.15) is 0 Å². The third-order valence-electron chi connectivity index (χ3n) is 3.99. The number of aromatic amines is 2. The first-order valence-corrected chi connectivity index (χ1v) is 7.82. The molecule has 0 saturated heterocycles. The molecule has 0 fully saturated rings. The highest BCUT2D eigenvalue weighted by Gasteiger charge is 2.16. The van der Waals surface area contributed by atoms with Crippen molar-refractivity contribution in [2.75, 3.05) is 0 Å². The molecule has 0 aliphatic carbocycles. The Morgan fingerprint density at radius 3 is 2.70 bits per heavy atom. The molecule has 2 heterocycles. The lowest BCUT2D eigenvalue weighted by Gasteiger charge is -2.14. The number of aromatic nitrogens is 3. The van der Waals surface area contributed by atoms with Crippen LogP contribution >= 0.6 is 11.6 Å². The summed E-state index contributed by atoms with van der Waals surface area (Å²) in [6.07, 6.45) is 1.59. The summed E-state index contributed by atoms with van der Waals surface area (Å²) in [6.45, 7) is 3.83. The molecule has 1 aromatic carbocycles.